The highest BCUT2D eigenvalue weighted by molar-refractivity contribution is 5.86. The minimum absolute atomic E-state index is 0.728. The van der Waals surface area contributed by atoms with Gasteiger partial charge in [-0.05, 0) is 88.4 Å². The maximum absolute atomic E-state index is 5.38. The predicted molar refractivity (Wildman–Crippen MR) is 152 cm³/mol. The third-order valence-electron chi connectivity index (χ3n) is 6.25. The van der Waals surface area contributed by atoms with Crippen molar-refractivity contribution in [2.45, 2.75) is 6.42 Å². The number of allylic oxidation sites excluding steroid dienone is 2. The fourth-order valence-electron chi connectivity index (χ4n) is 4.12. The molecular weight excluding hydrogens is 460 g/mol. The van der Waals surface area contributed by atoms with Gasteiger partial charge in [-0.15, -0.1) is 0 Å². The molecule has 0 aliphatic heterocycles. The van der Waals surface area contributed by atoms with Crippen molar-refractivity contribution in [2.24, 2.45) is 0 Å². The van der Waals surface area contributed by atoms with E-state index in [1.54, 1.807) is 28.4 Å². The van der Waals surface area contributed by atoms with E-state index in [2.05, 4.69) is 60.7 Å². The maximum atomic E-state index is 5.38. The second-order valence-corrected chi connectivity index (χ2v) is 8.45. The smallest absolute Gasteiger partial charge is 0.118 e. The van der Waals surface area contributed by atoms with E-state index in [1.165, 1.54) is 5.57 Å². The molecule has 0 heterocycles. The Kier molecular flexibility index (Phi) is 8.66. The van der Waals surface area contributed by atoms with Crippen LogP contribution < -0.4 is 18.9 Å². The van der Waals surface area contributed by atoms with Crippen LogP contribution in [0.25, 0.3) is 17.2 Å². The fourth-order valence-corrected chi connectivity index (χ4v) is 4.12. The Morgan fingerprint density at radius 3 is 1.22 bits per heavy atom. The Morgan fingerprint density at radius 2 is 0.838 bits per heavy atom. The van der Waals surface area contributed by atoms with Gasteiger partial charge in [-0.1, -0.05) is 60.7 Å². The van der Waals surface area contributed by atoms with Crippen molar-refractivity contribution in [3.8, 4) is 23.0 Å². The van der Waals surface area contributed by atoms with Crippen LogP contribution in [0.3, 0.4) is 0 Å². The Balaban J connectivity index is 1.76. The SMILES string of the molecule is COc1ccc(/C=C(/CC=C(c2ccc(OC)cc2)c2ccc(OC)cc2)c2ccc(OC)cc2)cc1. The van der Waals surface area contributed by atoms with E-state index >= 15 is 0 Å². The highest BCUT2D eigenvalue weighted by Crippen LogP contribution is 2.31. The van der Waals surface area contributed by atoms with Crippen molar-refractivity contribution in [1.29, 1.82) is 0 Å². The molecule has 0 N–H and O–H groups in total. The molecule has 4 heteroatoms. The Labute approximate surface area is 219 Å². The third kappa shape index (κ3) is 6.62. The van der Waals surface area contributed by atoms with E-state index in [0.717, 1.165) is 57.2 Å². The first-order valence-corrected chi connectivity index (χ1v) is 12.1. The van der Waals surface area contributed by atoms with Gasteiger partial charge >= 0.3 is 0 Å². The Morgan fingerprint density at radius 1 is 0.486 bits per heavy atom. The summed E-state index contributed by atoms with van der Waals surface area (Å²) in [6.45, 7) is 0. The van der Waals surface area contributed by atoms with E-state index < -0.39 is 0 Å². The molecule has 0 amide bonds. The molecule has 0 aromatic heterocycles. The summed E-state index contributed by atoms with van der Waals surface area (Å²) in [5.74, 6) is 3.33. The predicted octanol–water partition coefficient (Wildman–Crippen LogP) is 7.78. The summed E-state index contributed by atoms with van der Waals surface area (Å²) in [6, 6.07) is 32.6. The molecule has 0 atom stereocenters. The van der Waals surface area contributed by atoms with Gasteiger partial charge in [-0.3, -0.25) is 0 Å². The molecule has 0 aliphatic carbocycles. The van der Waals surface area contributed by atoms with Crippen molar-refractivity contribution in [2.75, 3.05) is 28.4 Å². The topological polar surface area (TPSA) is 36.9 Å². The van der Waals surface area contributed by atoms with Crippen molar-refractivity contribution in [1.82, 2.24) is 0 Å². The van der Waals surface area contributed by atoms with E-state index in [-0.39, 0.29) is 0 Å². The van der Waals surface area contributed by atoms with Gasteiger partial charge in [0.05, 0.1) is 28.4 Å². The summed E-state index contributed by atoms with van der Waals surface area (Å²) in [7, 11) is 6.72. The molecule has 4 nitrogen and oxygen atoms in total. The molecule has 0 saturated carbocycles. The summed E-state index contributed by atoms with van der Waals surface area (Å²) < 4.78 is 21.5. The number of methoxy groups -OCH3 is 4. The first-order chi connectivity index (χ1) is 18.1. The van der Waals surface area contributed by atoms with Crippen LogP contribution >= 0.6 is 0 Å². The quantitative estimate of drug-likeness (QED) is 0.212. The van der Waals surface area contributed by atoms with Crippen LogP contribution in [0, 0.1) is 0 Å². The van der Waals surface area contributed by atoms with Gasteiger partial charge in [-0.25, -0.2) is 0 Å². The van der Waals surface area contributed by atoms with Crippen molar-refractivity contribution < 1.29 is 18.9 Å². The van der Waals surface area contributed by atoms with E-state index in [4.69, 9.17) is 18.9 Å². The molecule has 0 unspecified atom stereocenters. The summed E-state index contributed by atoms with van der Waals surface area (Å²) in [6.07, 6.45) is 5.23. The average Bonchev–Trinajstić information content (AvgIpc) is 2.97. The lowest BCUT2D eigenvalue weighted by molar-refractivity contribution is 0.414. The van der Waals surface area contributed by atoms with Crippen LogP contribution in [0.4, 0.5) is 0 Å². The lowest BCUT2D eigenvalue weighted by Gasteiger charge is -2.13. The van der Waals surface area contributed by atoms with Crippen LogP contribution in [-0.2, 0) is 0 Å². The number of hydrogen-bond acceptors (Lipinski definition) is 4. The van der Waals surface area contributed by atoms with Crippen molar-refractivity contribution in [3.63, 3.8) is 0 Å². The number of benzene rings is 4. The minimum atomic E-state index is 0.728. The molecule has 0 aliphatic rings. The van der Waals surface area contributed by atoms with Gasteiger partial charge in [0, 0.05) is 0 Å². The second kappa shape index (κ2) is 12.5. The lowest BCUT2D eigenvalue weighted by Crippen LogP contribution is -1.92. The van der Waals surface area contributed by atoms with Crippen LogP contribution in [-0.4, -0.2) is 28.4 Å². The minimum Gasteiger partial charge on any atom is -0.497 e. The van der Waals surface area contributed by atoms with Crippen molar-refractivity contribution in [3.05, 3.63) is 125 Å². The second-order valence-electron chi connectivity index (χ2n) is 8.45. The molecular formula is C33H32O4. The largest absolute Gasteiger partial charge is 0.497 e. The molecule has 0 radical (unpaired) electrons. The molecule has 0 fully saturated rings. The molecule has 0 bridgehead atoms. The van der Waals surface area contributed by atoms with Gasteiger partial charge in [0.15, 0.2) is 0 Å². The van der Waals surface area contributed by atoms with Crippen molar-refractivity contribution >= 4 is 17.2 Å². The average molecular weight is 493 g/mol. The van der Waals surface area contributed by atoms with Gasteiger partial charge in [0.25, 0.3) is 0 Å². The monoisotopic (exact) mass is 492 g/mol. The summed E-state index contributed by atoms with van der Waals surface area (Å²) in [5, 5.41) is 0. The van der Waals surface area contributed by atoms with Gasteiger partial charge < -0.3 is 18.9 Å². The highest BCUT2D eigenvalue weighted by Gasteiger charge is 2.09. The molecule has 37 heavy (non-hydrogen) atoms. The summed E-state index contributed by atoms with van der Waals surface area (Å²) in [5.41, 5.74) is 6.80. The zero-order valence-corrected chi connectivity index (χ0v) is 21.7. The molecule has 4 aromatic carbocycles. The molecule has 4 rings (SSSR count). The molecule has 0 saturated heterocycles. The Bertz CT molecular complexity index is 1280. The van der Waals surface area contributed by atoms with E-state index in [9.17, 15) is 0 Å². The lowest BCUT2D eigenvalue weighted by atomic mass is 9.93. The van der Waals surface area contributed by atoms with Crippen LogP contribution in [0.15, 0.2) is 103 Å². The van der Waals surface area contributed by atoms with E-state index in [1.807, 2.05) is 48.5 Å². The van der Waals surface area contributed by atoms with Crippen LogP contribution in [0.5, 0.6) is 23.0 Å². The fraction of sp³-hybridized carbons (Fsp3) is 0.152. The number of hydrogen-bond donors (Lipinski definition) is 0. The first kappa shape index (κ1) is 25.6. The zero-order valence-electron chi connectivity index (χ0n) is 21.7. The van der Waals surface area contributed by atoms with Gasteiger partial charge in [0.1, 0.15) is 23.0 Å². The maximum Gasteiger partial charge on any atom is 0.118 e. The summed E-state index contributed by atoms with van der Waals surface area (Å²) >= 11 is 0. The Hall–Kier alpha value is -4.44. The zero-order chi connectivity index (χ0) is 26.0. The molecule has 188 valence electrons. The highest BCUT2D eigenvalue weighted by atomic mass is 16.5. The van der Waals surface area contributed by atoms with Gasteiger partial charge in [-0.2, -0.15) is 0 Å². The number of rotatable bonds is 10. The first-order valence-electron chi connectivity index (χ1n) is 12.1. The van der Waals surface area contributed by atoms with Crippen LogP contribution in [0.2, 0.25) is 0 Å². The molecule has 0 spiro atoms. The summed E-state index contributed by atoms with van der Waals surface area (Å²) in [4.78, 5) is 0. The van der Waals surface area contributed by atoms with Crippen LogP contribution in [0.1, 0.15) is 28.7 Å². The molecule has 4 aromatic rings. The van der Waals surface area contributed by atoms with E-state index in [0.29, 0.717) is 0 Å². The standard InChI is InChI=1S/C33H32O4/c1-34-29-14-5-24(6-15-29)23-28(25-7-16-30(35-2)17-8-25)13-22-33(26-9-18-31(36-3)19-10-26)27-11-20-32(37-4)21-12-27/h5-12,14-23H,13H2,1-4H3/b28-23-. The van der Waals surface area contributed by atoms with Gasteiger partial charge in [0.2, 0.25) is 0 Å². The third-order valence-corrected chi connectivity index (χ3v) is 6.25. The normalized spacial score (nSPS) is 11.0. The number of ether oxygens (including phenoxy) is 4.